The fourth-order valence-electron chi connectivity index (χ4n) is 1.98. The highest BCUT2D eigenvalue weighted by Gasteiger charge is 2.51. The molecule has 0 spiro atoms. The van der Waals surface area contributed by atoms with E-state index < -0.39 is 0 Å². The topological polar surface area (TPSA) is 12.0 Å². The summed E-state index contributed by atoms with van der Waals surface area (Å²) < 4.78 is 0. The molecule has 0 aromatic carbocycles. The van der Waals surface area contributed by atoms with Gasteiger partial charge in [0.05, 0.1) is 0 Å². The molecule has 0 aliphatic heterocycles. The van der Waals surface area contributed by atoms with Crippen molar-refractivity contribution in [3.63, 3.8) is 0 Å². The second-order valence-electron chi connectivity index (χ2n) is 5.08. The fraction of sp³-hybridized carbons (Fsp3) is 1.00. The molecule has 0 radical (unpaired) electrons. The van der Waals surface area contributed by atoms with E-state index in [4.69, 9.17) is 0 Å². The Morgan fingerprint density at radius 1 is 1.38 bits per heavy atom. The molecule has 0 amide bonds. The van der Waals surface area contributed by atoms with Gasteiger partial charge in [0.1, 0.15) is 0 Å². The summed E-state index contributed by atoms with van der Waals surface area (Å²) in [5, 5.41) is 3.66. The summed E-state index contributed by atoms with van der Waals surface area (Å²) >= 11 is 0. The highest BCUT2D eigenvalue weighted by Crippen LogP contribution is 2.51. The average molecular weight is 183 g/mol. The van der Waals surface area contributed by atoms with Crippen LogP contribution in [0.3, 0.4) is 0 Å². The van der Waals surface area contributed by atoms with E-state index in [1.807, 2.05) is 0 Å². The highest BCUT2D eigenvalue weighted by molar-refractivity contribution is 5.06. The van der Waals surface area contributed by atoms with Crippen molar-refractivity contribution in [2.24, 2.45) is 11.3 Å². The molecule has 0 bridgehead atoms. The Kier molecular flexibility index (Phi) is 3.78. The number of hydrogen-bond acceptors (Lipinski definition) is 1. The lowest BCUT2D eigenvalue weighted by Gasteiger charge is -2.16. The molecule has 1 heteroatoms. The lowest BCUT2D eigenvalue weighted by atomic mass is 9.94. The molecule has 1 aliphatic rings. The molecule has 1 nitrogen and oxygen atoms in total. The summed E-state index contributed by atoms with van der Waals surface area (Å²) in [6, 6.07) is 0.810. The lowest BCUT2D eigenvalue weighted by Crippen LogP contribution is -2.25. The third kappa shape index (κ3) is 2.70. The number of unbranched alkanes of at least 4 members (excludes halogenated alkanes) is 2. The van der Waals surface area contributed by atoms with Gasteiger partial charge in [0.25, 0.3) is 0 Å². The summed E-state index contributed by atoms with van der Waals surface area (Å²) in [5.41, 5.74) is 0.603. The van der Waals surface area contributed by atoms with Gasteiger partial charge in [-0.15, -0.1) is 0 Å². The number of rotatable bonds is 6. The Morgan fingerprint density at radius 2 is 2.08 bits per heavy atom. The third-order valence-corrected chi connectivity index (χ3v) is 3.77. The van der Waals surface area contributed by atoms with Gasteiger partial charge < -0.3 is 5.32 Å². The van der Waals surface area contributed by atoms with Gasteiger partial charge in [-0.1, -0.05) is 40.5 Å². The van der Waals surface area contributed by atoms with Crippen molar-refractivity contribution in [1.29, 1.82) is 0 Å². The molecule has 1 aliphatic carbocycles. The molecule has 0 heterocycles. The van der Waals surface area contributed by atoms with Crippen LogP contribution >= 0.6 is 0 Å². The molecular weight excluding hydrogens is 158 g/mol. The molecule has 2 atom stereocenters. The number of hydrogen-bond donors (Lipinski definition) is 1. The van der Waals surface area contributed by atoms with Gasteiger partial charge in [-0.25, -0.2) is 0 Å². The van der Waals surface area contributed by atoms with E-state index in [0.29, 0.717) is 5.41 Å². The Hall–Kier alpha value is -0.0400. The van der Waals surface area contributed by atoms with Gasteiger partial charge in [0.15, 0.2) is 0 Å². The van der Waals surface area contributed by atoms with Gasteiger partial charge in [0.2, 0.25) is 0 Å². The molecule has 13 heavy (non-hydrogen) atoms. The highest BCUT2D eigenvalue weighted by atomic mass is 15.0. The fourth-order valence-corrected chi connectivity index (χ4v) is 1.98. The molecule has 78 valence electrons. The van der Waals surface area contributed by atoms with Gasteiger partial charge in [-0.3, -0.25) is 0 Å². The van der Waals surface area contributed by atoms with Crippen LogP contribution in [0.4, 0.5) is 0 Å². The van der Waals surface area contributed by atoms with Crippen LogP contribution in [0.25, 0.3) is 0 Å². The third-order valence-electron chi connectivity index (χ3n) is 3.77. The zero-order chi connectivity index (χ0) is 9.90. The second kappa shape index (κ2) is 4.45. The van der Waals surface area contributed by atoms with E-state index in [-0.39, 0.29) is 0 Å². The van der Waals surface area contributed by atoms with E-state index >= 15 is 0 Å². The van der Waals surface area contributed by atoms with Crippen molar-refractivity contribution in [2.75, 3.05) is 6.54 Å². The van der Waals surface area contributed by atoms with Crippen LogP contribution in [0.1, 0.15) is 53.4 Å². The maximum atomic E-state index is 3.66. The zero-order valence-corrected chi connectivity index (χ0v) is 9.69. The van der Waals surface area contributed by atoms with Crippen molar-refractivity contribution in [3.05, 3.63) is 0 Å². The van der Waals surface area contributed by atoms with E-state index in [0.717, 1.165) is 12.0 Å². The van der Waals surface area contributed by atoms with Crippen molar-refractivity contribution < 1.29 is 0 Å². The standard InChI is InChI=1S/C12H25N/c1-5-6-7-8-13-11-9-12(11,4)10(2)3/h10-11,13H,5-9H2,1-4H3. The van der Waals surface area contributed by atoms with Crippen molar-refractivity contribution in [1.82, 2.24) is 5.32 Å². The van der Waals surface area contributed by atoms with Crippen molar-refractivity contribution >= 4 is 0 Å². The lowest BCUT2D eigenvalue weighted by molar-refractivity contribution is 0.362. The van der Waals surface area contributed by atoms with Crippen LogP contribution < -0.4 is 5.32 Å². The first-order valence-electron chi connectivity index (χ1n) is 5.84. The summed E-state index contributed by atoms with van der Waals surface area (Å²) in [6.45, 7) is 10.6. The minimum absolute atomic E-state index is 0.603. The van der Waals surface area contributed by atoms with Crippen molar-refractivity contribution in [2.45, 2.75) is 59.4 Å². The molecular formula is C12H25N. The second-order valence-corrected chi connectivity index (χ2v) is 5.08. The predicted molar refractivity (Wildman–Crippen MR) is 58.9 cm³/mol. The quantitative estimate of drug-likeness (QED) is 0.624. The monoisotopic (exact) mass is 183 g/mol. The van der Waals surface area contributed by atoms with Crippen LogP contribution in [0.15, 0.2) is 0 Å². The average Bonchev–Trinajstić information content (AvgIpc) is 2.73. The summed E-state index contributed by atoms with van der Waals surface area (Å²) in [4.78, 5) is 0. The SMILES string of the molecule is CCCCCNC1CC1(C)C(C)C. The zero-order valence-electron chi connectivity index (χ0n) is 9.69. The summed E-state index contributed by atoms with van der Waals surface area (Å²) in [6.07, 6.45) is 5.43. The van der Waals surface area contributed by atoms with Crippen LogP contribution in [0.5, 0.6) is 0 Å². The molecule has 1 saturated carbocycles. The maximum absolute atomic E-state index is 3.66. The van der Waals surface area contributed by atoms with Gasteiger partial charge in [-0.05, 0) is 30.7 Å². The molecule has 0 saturated heterocycles. The first-order chi connectivity index (χ1) is 6.11. The van der Waals surface area contributed by atoms with E-state index in [1.165, 1.54) is 32.2 Å². The van der Waals surface area contributed by atoms with Crippen molar-refractivity contribution in [3.8, 4) is 0 Å². The summed E-state index contributed by atoms with van der Waals surface area (Å²) in [5.74, 6) is 0.830. The summed E-state index contributed by atoms with van der Waals surface area (Å²) in [7, 11) is 0. The largest absolute Gasteiger partial charge is 0.313 e. The maximum Gasteiger partial charge on any atom is 0.0130 e. The van der Waals surface area contributed by atoms with Crippen LogP contribution in [-0.4, -0.2) is 12.6 Å². The smallest absolute Gasteiger partial charge is 0.0130 e. The van der Waals surface area contributed by atoms with E-state index in [2.05, 4.69) is 33.0 Å². The van der Waals surface area contributed by atoms with E-state index in [9.17, 15) is 0 Å². The van der Waals surface area contributed by atoms with Gasteiger partial charge in [0, 0.05) is 6.04 Å². The molecule has 1 rings (SSSR count). The minimum Gasteiger partial charge on any atom is -0.313 e. The van der Waals surface area contributed by atoms with Gasteiger partial charge in [-0.2, -0.15) is 0 Å². The minimum atomic E-state index is 0.603. The Balaban J connectivity index is 2.07. The molecule has 0 aromatic rings. The Morgan fingerprint density at radius 3 is 2.54 bits per heavy atom. The molecule has 1 N–H and O–H groups in total. The first-order valence-corrected chi connectivity index (χ1v) is 5.84. The van der Waals surface area contributed by atoms with Crippen LogP contribution in [0.2, 0.25) is 0 Å². The van der Waals surface area contributed by atoms with E-state index in [1.54, 1.807) is 0 Å². The molecule has 2 unspecified atom stereocenters. The Labute approximate surface area is 83.3 Å². The van der Waals surface area contributed by atoms with Gasteiger partial charge >= 0.3 is 0 Å². The normalized spacial score (nSPS) is 32.5. The van der Waals surface area contributed by atoms with Crippen LogP contribution in [0, 0.1) is 11.3 Å². The van der Waals surface area contributed by atoms with Crippen LogP contribution in [-0.2, 0) is 0 Å². The molecule has 1 fully saturated rings. The predicted octanol–water partition coefficient (Wildman–Crippen LogP) is 3.20. The Bertz CT molecular complexity index is 153. The first kappa shape index (κ1) is 11.0. The molecule has 0 aromatic heterocycles. The number of nitrogens with one attached hydrogen (secondary N) is 1.